The molecular formula is C26H29N5O2S. The molecule has 1 aliphatic rings. The van der Waals surface area contributed by atoms with Crippen molar-refractivity contribution in [2.75, 3.05) is 12.3 Å². The summed E-state index contributed by atoms with van der Waals surface area (Å²) in [6, 6.07) is 17.3. The standard InChI is InChI=1S/C26H29N5O2S/c1-3-15-31-24(22-14-9-16-30(22)25(33)21-13-8-7-10-19(21)2)28-29-26(31)34-18-23(32)27-17-20-11-5-4-6-12-20/h3-8,10-13,22H,1,9,14-18H2,2H3,(H,27,32). The van der Waals surface area contributed by atoms with Crippen molar-refractivity contribution in [1.82, 2.24) is 25.0 Å². The maximum absolute atomic E-state index is 13.3. The quantitative estimate of drug-likeness (QED) is 0.371. The molecule has 1 unspecified atom stereocenters. The number of likely N-dealkylation sites (tertiary alicyclic amines) is 1. The maximum Gasteiger partial charge on any atom is 0.254 e. The van der Waals surface area contributed by atoms with Gasteiger partial charge in [-0.05, 0) is 37.0 Å². The number of rotatable bonds is 9. The topological polar surface area (TPSA) is 80.1 Å². The summed E-state index contributed by atoms with van der Waals surface area (Å²) in [7, 11) is 0. The molecule has 0 bridgehead atoms. The Morgan fingerprint density at radius 1 is 1.15 bits per heavy atom. The van der Waals surface area contributed by atoms with Gasteiger partial charge < -0.3 is 14.8 Å². The van der Waals surface area contributed by atoms with Gasteiger partial charge in [0.25, 0.3) is 5.91 Å². The van der Waals surface area contributed by atoms with Crippen molar-refractivity contribution in [1.29, 1.82) is 0 Å². The number of nitrogens with zero attached hydrogens (tertiary/aromatic N) is 4. The average Bonchev–Trinajstić information content (AvgIpc) is 3.49. The van der Waals surface area contributed by atoms with Crippen LogP contribution in [-0.2, 0) is 17.9 Å². The SMILES string of the molecule is C=CCn1c(SCC(=O)NCc2ccccc2)nnc1C1CCCN1C(=O)c1ccccc1C. The first-order chi connectivity index (χ1) is 16.6. The molecule has 176 valence electrons. The molecule has 1 N–H and O–H groups in total. The zero-order valence-electron chi connectivity index (χ0n) is 19.3. The molecule has 3 aromatic rings. The zero-order chi connectivity index (χ0) is 23.9. The van der Waals surface area contributed by atoms with Gasteiger partial charge in [0.1, 0.15) is 0 Å². The molecule has 0 radical (unpaired) electrons. The number of aryl methyl sites for hydroxylation is 1. The maximum atomic E-state index is 13.3. The Morgan fingerprint density at radius 3 is 2.68 bits per heavy atom. The first-order valence-corrected chi connectivity index (χ1v) is 12.4. The van der Waals surface area contributed by atoms with E-state index in [-0.39, 0.29) is 23.6 Å². The van der Waals surface area contributed by atoms with Crippen LogP contribution in [0, 0.1) is 6.92 Å². The summed E-state index contributed by atoms with van der Waals surface area (Å²) in [5, 5.41) is 12.4. The van der Waals surface area contributed by atoms with Crippen molar-refractivity contribution >= 4 is 23.6 Å². The summed E-state index contributed by atoms with van der Waals surface area (Å²) in [6.07, 6.45) is 3.53. The lowest BCUT2D eigenvalue weighted by Gasteiger charge is -2.25. The van der Waals surface area contributed by atoms with Gasteiger partial charge >= 0.3 is 0 Å². The van der Waals surface area contributed by atoms with Crippen molar-refractivity contribution in [3.8, 4) is 0 Å². The van der Waals surface area contributed by atoms with E-state index in [9.17, 15) is 9.59 Å². The Kier molecular flexibility index (Phi) is 7.80. The van der Waals surface area contributed by atoms with Crippen molar-refractivity contribution in [3.05, 3.63) is 89.8 Å². The number of carbonyl (C=O) groups excluding carboxylic acids is 2. The molecule has 1 fully saturated rings. The van der Waals surface area contributed by atoms with Crippen LogP contribution < -0.4 is 5.32 Å². The van der Waals surface area contributed by atoms with E-state index in [2.05, 4.69) is 22.1 Å². The number of aromatic nitrogens is 3. The van der Waals surface area contributed by atoms with Gasteiger partial charge in [-0.2, -0.15) is 0 Å². The highest BCUT2D eigenvalue weighted by Gasteiger charge is 2.35. The third kappa shape index (κ3) is 5.39. The second kappa shape index (κ2) is 11.2. The van der Waals surface area contributed by atoms with Crippen LogP contribution in [0.3, 0.4) is 0 Å². The lowest BCUT2D eigenvalue weighted by atomic mass is 10.1. The van der Waals surface area contributed by atoms with Gasteiger partial charge in [0.15, 0.2) is 11.0 Å². The predicted molar refractivity (Wildman–Crippen MR) is 133 cm³/mol. The summed E-state index contributed by atoms with van der Waals surface area (Å²) in [5.74, 6) is 0.925. The Bertz CT molecular complexity index is 1160. The van der Waals surface area contributed by atoms with Crippen LogP contribution in [0.4, 0.5) is 0 Å². The van der Waals surface area contributed by atoms with E-state index in [4.69, 9.17) is 0 Å². The fraction of sp³-hybridized carbons (Fsp3) is 0.308. The number of thioether (sulfide) groups is 1. The number of allylic oxidation sites excluding steroid dienone is 1. The molecule has 0 spiro atoms. The van der Waals surface area contributed by atoms with Crippen molar-refractivity contribution in [3.63, 3.8) is 0 Å². The monoisotopic (exact) mass is 475 g/mol. The van der Waals surface area contributed by atoms with Gasteiger partial charge in [0.2, 0.25) is 5.91 Å². The smallest absolute Gasteiger partial charge is 0.254 e. The van der Waals surface area contributed by atoms with Gasteiger partial charge in [-0.25, -0.2) is 0 Å². The molecule has 1 atom stereocenters. The third-order valence-electron chi connectivity index (χ3n) is 5.91. The van der Waals surface area contributed by atoms with E-state index >= 15 is 0 Å². The highest BCUT2D eigenvalue weighted by molar-refractivity contribution is 7.99. The number of nitrogens with one attached hydrogen (secondary N) is 1. The highest BCUT2D eigenvalue weighted by atomic mass is 32.2. The summed E-state index contributed by atoms with van der Waals surface area (Å²) in [6.45, 7) is 7.51. The average molecular weight is 476 g/mol. The third-order valence-corrected chi connectivity index (χ3v) is 6.88. The molecule has 0 aliphatic carbocycles. The number of carbonyl (C=O) groups is 2. The van der Waals surface area contributed by atoms with Gasteiger partial charge in [0.05, 0.1) is 11.8 Å². The van der Waals surface area contributed by atoms with Crippen molar-refractivity contribution in [2.45, 2.75) is 44.1 Å². The molecule has 1 aliphatic heterocycles. The molecule has 2 heterocycles. The molecule has 4 rings (SSSR count). The lowest BCUT2D eigenvalue weighted by Crippen LogP contribution is -2.32. The van der Waals surface area contributed by atoms with Crippen LogP contribution in [0.5, 0.6) is 0 Å². The van der Waals surface area contributed by atoms with Crippen molar-refractivity contribution < 1.29 is 9.59 Å². The number of hydrogen-bond acceptors (Lipinski definition) is 5. The van der Waals surface area contributed by atoms with E-state index in [0.717, 1.165) is 29.8 Å². The van der Waals surface area contributed by atoms with Crippen molar-refractivity contribution in [2.24, 2.45) is 0 Å². The van der Waals surface area contributed by atoms with E-state index < -0.39 is 0 Å². The Balaban J connectivity index is 1.46. The van der Waals surface area contributed by atoms with Gasteiger partial charge in [-0.3, -0.25) is 9.59 Å². The minimum atomic E-state index is -0.152. The number of benzene rings is 2. The minimum absolute atomic E-state index is 0.0169. The molecule has 2 aromatic carbocycles. The van der Waals surface area contributed by atoms with Crippen LogP contribution in [0.2, 0.25) is 0 Å². The first kappa shape index (κ1) is 23.8. The van der Waals surface area contributed by atoms with Gasteiger partial charge in [-0.15, -0.1) is 16.8 Å². The Morgan fingerprint density at radius 2 is 1.91 bits per heavy atom. The fourth-order valence-corrected chi connectivity index (χ4v) is 4.96. The van der Waals surface area contributed by atoms with E-state index in [0.29, 0.717) is 30.4 Å². The van der Waals surface area contributed by atoms with E-state index in [1.165, 1.54) is 11.8 Å². The van der Waals surface area contributed by atoms with E-state index in [1.807, 2.05) is 71.0 Å². The summed E-state index contributed by atoms with van der Waals surface area (Å²) >= 11 is 1.34. The highest BCUT2D eigenvalue weighted by Crippen LogP contribution is 2.34. The van der Waals surface area contributed by atoms with Crippen LogP contribution in [0.25, 0.3) is 0 Å². The van der Waals surface area contributed by atoms with Crippen LogP contribution in [0.1, 0.15) is 46.2 Å². The molecule has 2 amide bonds. The molecular weight excluding hydrogens is 446 g/mol. The molecule has 1 aromatic heterocycles. The Labute approximate surface area is 204 Å². The zero-order valence-corrected chi connectivity index (χ0v) is 20.1. The summed E-state index contributed by atoms with van der Waals surface area (Å²) in [4.78, 5) is 27.6. The second-order valence-electron chi connectivity index (χ2n) is 8.26. The van der Waals surface area contributed by atoms with Crippen LogP contribution >= 0.6 is 11.8 Å². The molecule has 8 heteroatoms. The van der Waals surface area contributed by atoms with E-state index in [1.54, 1.807) is 6.08 Å². The molecule has 7 nitrogen and oxygen atoms in total. The number of hydrogen-bond donors (Lipinski definition) is 1. The van der Waals surface area contributed by atoms with Gasteiger partial charge in [-0.1, -0.05) is 66.4 Å². The predicted octanol–water partition coefficient (Wildman–Crippen LogP) is 4.16. The minimum Gasteiger partial charge on any atom is -0.351 e. The Hall–Kier alpha value is -3.39. The van der Waals surface area contributed by atoms with Crippen LogP contribution in [-0.4, -0.2) is 43.8 Å². The summed E-state index contributed by atoms with van der Waals surface area (Å²) in [5.41, 5.74) is 2.73. The molecule has 0 saturated carbocycles. The summed E-state index contributed by atoms with van der Waals surface area (Å²) < 4.78 is 1.97. The molecule has 1 saturated heterocycles. The molecule has 34 heavy (non-hydrogen) atoms. The number of amides is 2. The van der Waals surface area contributed by atoms with Gasteiger partial charge in [0, 0.05) is 25.2 Å². The lowest BCUT2D eigenvalue weighted by molar-refractivity contribution is -0.118. The normalized spacial score (nSPS) is 15.3. The fourth-order valence-electron chi connectivity index (χ4n) is 4.18. The van der Waals surface area contributed by atoms with Crippen LogP contribution in [0.15, 0.2) is 72.4 Å². The second-order valence-corrected chi connectivity index (χ2v) is 9.21. The first-order valence-electron chi connectivity index (χ1n) is 11.4. The largest absolute Gasteiger partial charge is 0.351 e.